The van der Waals surface area contributed by atoms with Gasteiger partial charge in [0.15, 0.2) is 0 Å². The molecule has 5 rings (SSSR count). The Bertz CT molecular complexity index is 1070. The first-order valence-corrected chi connectivity index (χ1v) is 11.4. The first kappa shape index (κ1) is 19.9. The average molecular weight is 415 g/mol. The monoisotopic (exact) mass is 414 g/mol. The van der Waals surface area contributed by atoms with Crippen molar-refractivity contribution in [3.63, 3.8) is 0 Å². The molecule has 160 valence electrons. The zero-order valence-electron chi connectivity index (χ0n) is 18.4. The third-order valence-electron chi connectivity index (χ3n) is 6.44. The molecule has 0 unspecified atom stereocenters. The molecule has 1 N–H and O–H groups in total. The van der Waals surface area contributed by atoms with E-state index in [1.807, 2.05) is 18.2 Å². The molecule has 2 aliphatic rings. The molecular weight excluding hydrogens is 384 g/mol. The summed E-state index contributed by atoms with van der Waals surface area (Å²) in [6, 6.07) is 16.3. The van der Waals surface area contributed by atoms with Crippen LogP contribution in [-0.4, -0.2) is 34.7 Å². The van der Waals surface area contributed by atoms with E-state index in [0.29, 0.717) is 5.92 Å². The van der Waals surface area contributed by atoms with Crippen LogP contribution in [0.1, 0.15) is 50.2 Å². The van der Waals surface area contributed by atoms with E-state index in [4.69, 9.17) is 9.97 Å². The van der Waals surface area contributed by atoms with Gasteiger partial charge in [-0.05, 0) is 61.4 Å². The number of fused-ring (bicyclic) bond motifs is 1. The number of nitrogens with zero attached hydrogens (tertiary/aromatic N) is 4. The SMILES string of the molecule is CC(C)c1ccc(N2CCc3c(-c4cccc(O)c4)nc(N4CCCCC4)nc32)cc1. The van der Waals surface area contributed by atoms with E-state index in [-0.39, 0.29) is 5.75 Å². The zero-order valence-corrected chi connectivity index (χ0v) is 18.4. The van der Waals surface area contributed by atoms with E-state index in [1.165, 1.54) is 36.1 Å². The Labute approximate surface area is 184 Å². The summed E-state index contributed by atoms with van der Waals surface area (Å²) in [7, 11) is 0. The summed E-state index contributed by atoms with van der Waals surface area (Å²) in [5, 5.41) is 10.1. The summed E-state index contributed by atoms with van der Waals surface area (Å²) in [5.41, 5.74) is 5.59. The number of rotatable bonds is 4. The highest BCUT2D eigenvalue weighted by Crippen LogP contribution is 2.40. The highest BCUT2D eigenvalue weighted by molar-refractivity contribution is 5.77. The van der Waals surface area contributed by atoms with E-state index in [9.17, 15) is 5.11 Å². The molecule has 0 saturated carbocycles. The Kier molecular flexibility index (Phi) is 5.26. The Balaban J connectivity index is 1.60. The van der Waals surface area contributed by atoms with E-state index in [2.05, 4.69) is 47.9 Å². The predicted molar refractivity (Wildman–Crippen MR) is 126 cm³/mol. The van der Waals surface area contributed by atoms with Crippen LogP contribution >= 0.6 is 0 Å². The van der Waals surface area contributed by atoms with Crippen LogP contribution in [0, 0.1) is 0 Å². The van der Waals surface area contributed by atoms with Crippen molar-refractivity contribution in [1.29, 1.82) is 0 Å². The third kappa shape index (κ3) is 3.85. The molecule has 3 aromatic rings. The normalized spacial score (nSPS) is 16.1. The second kappa shape index (κ2) is 8.22. The molecule has 1 saturated heterocycles. The van der Waals surface area contributed by atoms with Crippen LogP contribution in [0.15, 0.2) is 48.5 Å². The highest BCUT2D eigenvalue weighted by Gasteiger charge is 2.29. The van der Waals surface area contributed by atoms with Crippen molar-refractivity contribution in [2.75, 3.05) is 29.4 Å². The largest absolute Gasteiger partial charge is 0.508 e. The summed E-state index contributed by atoms with van der Waals surface area (Å²) in [6.45, 7) is 7.34. The number of phenolic OH excluding ortho intramolecular Hbond substituents is 1. The molecule has 31 heavy (non-hydrogen) atoms. The van der Waals surface area contributed by atoms with E-state index in [1.54, 1.807) is 6.07 Å². The van der Waals surface area contributed by atoms with Gasteiger partial charge < -0.3 is 14.9 Å². The van der Waals surface area contributed by atoms with Crippen LogP contribution in [0.5, 0.6) is 5.75 Å². The minimum Gasteiger partial charge on any atom is -0.508 e. The minimum absolute atomic E-state index is 0.267. The van der Waals surface area contributed by atoms with Gasteiger partial charge in [0.1, 0.15) is 11.6 Å². The maximum Gasteiger partial charge on any atom is 0.227 e. The lowest BCUT2D eigenvalue weighted by atomic mass is 10.0. The van der Waals surface area contributed by atoms with Gasteiger partial charge in [0.2, 0.25) is 5.95 Å². The molecule has 3 heterocycles. The van der Waals surface area contributed by atoms with Crippen molar-refractivity contribution in [2.45, 2.75) is 45.4 Å². The number of hydrogen-bond donors (Lipinski definition) is 1. The van der Waals surface area contributed by atoms with Gasteiger partial charge in [-0.3, -0.25) is 0 Å². The maximum atomic E-state index is 10.1. The van der Waals surface area contributed by atoms with Crippen molar-refractivity contribution >= 4 is 17.5 Å². The Morgan fingerprint density at radius 1 is 0.903 bits per heavy atom. The van der Waals surface area contributed by atoms with Crippen molar-refractivity contribution in [2.24, 2.45) is 0 Å². The third-order valence-corrected chi connectivity index (χ3v) is 6.44. The van der Waals surface area contributed by atoms with Crippen molar-refractivity contribution in [1.82, 2.24) is 9.97 Å². The second-order valence-corrected chi connectivity index (χ2v) is 8.92. The lowest BCUT2D eigenvalue weighted by Gasteiger charge is -2.28. The fraction of sp³-hybridized carbons (Fsp3) is 0.385. The summed E-state index contributed by atoms with van der Waals surface area (Å²) < 4.78 is 0. The smallest absolute Gasteiger partial charge is 0.227 e. The molecule has 0 aliphatic carbocycles. The Hall–Kier alpha value is -3.08. The molecular formula is C26H30N4O. The molecule has 1 aromatic heterocycles. The van der Waals surface area contributed by atoms with Gasteiger partial charge in [-0.25, -0.2) is 4.98 Å². The van der Waals surface area contributed by atoms with Gasteiger partial charge in [0.25, 0.3) is 0 Å². The van der Waals surface area contributed by atoms with Crippen LogP contribution in [0.25, 0.3) is 11.3 Å². The topological polar surface area (TPSA) is 52.5 Å². The van der Waals surface area contributed by atoms with E-state index >= 15 is 0 Å². The molecule has 1 fully saturated rings. The first-order valence-electron chi connectivity index (χ1n) is 11.4. The molecule has 0 amide bonds. The van der Waals surface area contributed by atoms with Gasteiger partial charge in [0, 0.05) is 36.4 Å². The van der Waals surface area contributed by atoms with Gasteiger partial charge in [-0.1, -0.05) is 38.1 Å². The van der Waals surface area contributed by atoms with Crippen molar-refractivity contribution in [3.8, 4) is 17.0 Å². The highest BCUT2D eigenvalue weighted by atomic mass is 16.3. The summed E-state index contributed by atoms with van der Waals surface area (Å²) >= 11 is 0. The predicted octanol–water partition coefficient (Wildman–Crippen LogP) is 5.66. The van der Waals surface area contributed by atoms with Gasteiger partial charge >= 0.3 is 0 Å². The standard InChI is InChI=1S/C26H30N4O/c1-18(2)19-9-11-21(12-10-19)30-16-13-23-24(20-7-6-8-22(31)17-20)27-26(28-25(23)30)29-14-4-3-5-15-29/h6-12,17-18,31H,3-5,13-16H2,1-2H3. The number of phenols is 1. The van der Waals surface area contributed by atoms with Crippen LogP contribution in [0.4, 0.5) is 17.5 Å². The van der Waals surface area contributed by atoms with Crippen molar-refractivity contribution in [3.05, 3.63) is 59.7 Å². The van der Waals surface area contributed by atoms with Gasteiger partial charge in [0.05, 0.1) is 5.69 Å². The number of hydrogen-bond acceptors (Lipinski definition) is 5. The number of aromatic hydroxyl groups is 1. The summed E-state index contributed by atoms with van der Waals surface area (Å²) in [4.78, 5) is 14.7. The van der Waals surface area contributed by atoms with Gasteiger partial charge in [-0.15, -0.1) is 0 Å². The fourth-order valence-electron chi connectivity index (χ4n) is 4.66. The number of benzene rings is 2. The Morgan fingerprint density at radius 3 is 2.39 bits per heavy atom. The fourth-order valence-corrected chi connectivity index (χ4v) is 4.66. The number of piperidine rings is 1. The molecule has 5 nitrogen and oxygen atoms in total. The second-order valence-electron chi connectivity index (χ2n) is 8.92. The lowest BCUT2D eigenvalue weighted by Crippen LogP contribution is -2.31. The molecule has 0 radical (unpaired) electrons. The number of aromatic nitrogens is 2. The minimum atomic E-state index is 0.267. The van der Waals surface area contributed by atoms with E-state index < -0.39 is 0 Å². The Morgan fingerprint density at radius 2 is 1.68 bits per heavy atom. The molecule has 5 heteroatoms. The quantitative estimate of drug-likeness (QED) is 0.597. The van der Waals surface area contributed by atoms with Crippen LogP contribution in [-0.2, 0) is 6.42 Å². The first-order chi connectivity index (χ1) is 15.1. The molecule has 0 spiro atoms. The zero-order chi connectivity index (χ0) is 21.4. The van der Waals surface area contributed by atoms with Crippen LogP contribution in [0.3, 0.4) is 0 Å². The summed E-state index contributed by atoms with van der Waals surface area (Å²) in [6.07, 6.45) is 4.53. The molecule has 0 bridgehead atoms. The van der Waals surface area contributed by atoms with Gasteiger partial charge in [-0.2, -0.15) is 4.98 Å². The lowest BCUT2D eigenvalue weighted by molar-refractivity contribution is 0.475. The molecule has 2 aliphatic heterocycles. The average Bonchev–Trinajstić information content (AvgIpc) is 3.23. The van der Waals surface area contributed by atoms with E-state index in [0.717, 1.165) is 49.1 Å². The van der Waals surface area contributed by atoms with Crippen LogP contribution in [0.2, 0.25) is 0 Å². The molecule has 0 atom stereocenters. The summed E-state index contributed by atoms with van der Waals surface area (Å²) in [5.74, 6) is 2.60. The maximum absolute atomic E-state index is 10.1. The number of anilines is 3. The van der Waals surface area contributed by atoms with Crippen LogP contribution < -0.4 is 9.80 Å². The van der Waals surface area contributed by atoms with Crippen molar-refractivity contribution < 1.29 is 5.11 Å². The molecule has 2 aromatic carbocycles.